The highest BCUT2D eigenvalue weighted by Crippen LogP contribution is 2.37. The second-order valence-corrected chi connectivity index (χ2v) is 11.0. The SMILES string of the molecule is C=CC(=O)N1CCN(c2nc(OCC3CCCN3)nc3c2CCN(c2cccc4cccc(Br)c24)C3)CC1. The Labute approximate surface area is 231 Å². The smallest absolute Gasteiger partial charge is 0.318 e. The first kappa shape index (κ1) is 25.1. The Bertz CT molecular complexity index is 1350. The van der Waals surface area contributed by atoms with Crippen molar-refractivity contribution >= 4 is 44.1 Å². The summed E-state index contributed by atoms with van der Waals surface area (Å²) in [5.41, 5.74) is 3.41. The van der Waals surface area contributed by atoms with Crippen LogP contribution in [0.1, 0.15) is 24.1 Å². The number of anilines is 2. The van der Waals surface area contributed by atoms with Crippen LogP contribution < -0.4 is 19.9 Å². The predicted octanol–water partition coefficient (Wildman–Crippen LogP) is 3.92. The molecule has 0 aliphatic carbocycles. The molecule has 3 aliphatic heterocycles. The second kappa shape index (κ2) is 10.9. The van der Waals surface area contributed by atoms with E-state index in [9.17, 15) is 4.79 Å². The summed E-state index contributed by atoms with van der Waals surface area (Å²) in [4.78, 5) is 28.6. The average Bonchev–Trinajstić information content (AvgIpc) is 3.49. The number of piperazine rings is 1. The molecule has 0 bridgehead atoms. The molecule has 4 heterocycles. The van der Waals surface area contributed by atoms with E-state index in [2.05, 4.69) is 74.0 Å². The predicted molar refractivity (Wildman–Crippen MR) is 154 cm³/mol. The number of carbonyl (C=O) groups is 1. The molecule has 0 radical (unpaired) electrons. The van der Waals surface area contributed by atoms with E-state index >= 15 is 0 Å². The fourth-order valence-corrected chi connectivity index (χ4v) is 6.39. The molecule has 2 aromatic carbocycles. The van der Waals surface area contributed by atoms with Gasteiger partial charge in [-0.3, -0.25) is 4.79 Å². The summed E-state index contributed by atoms with van der Waals surface area (Å²) in [5.74, 6) is 0.938. The van der Waals surface area contributed by atoms with Crippen molar-refractivity contribution < 1.29 is 9.53 Å². The van der Waals surface area contributed by atoms with Crippen molar-refractivity contribution in [1.82, 2.24) is 20.2 Å². The third-order valence-corrected chi connectivity index (χ3v) is 8.50. The first-order chi connectivity index (χ1) is 18.6. The number of fused-ring (bicyclic) bond motifs is 2. The largest absolute Gasteiger partial charge is 0.462 e. The summed E-state index contributed by atoms with van der Waals surface area (Å²) in [6.07, 6.45) is 4.53. The monoisotopic (exact) mass is 576 g/mol. The van der Waals surface area contributed by atoms with Gasteiger partial charge in [0, 0.05) is 59.9 Å². The Morgan fingerprint density at radius 1 is 1.11 bits per heavy atom. The van der Waals surface area contributed by atoms with Crippen LogP contribution in [-0.4, -0.2) is 72.7 Å². The molecule has 1 unspecified atom stereocenters. The minimum absolute atomic E-state index is 0.0145. The van der Waals surface area contributed by atoms with E-state index in [-0.39, 0.29) is 5.91 Å². The van der Waals surface area contributed by atoms with Crippen LogP contribution >= 0.6 is 15.9 Å². The van der Waals surface area contributed by atoms with E-state index in [4.69, 9.17) is 14.7 Å². The molecular weight excluding hydrogens is 544 g/mol. The van der Waals surface area contributed by atoms with E-state index in [1.807, 2.05) is 4.90 Å². The molecule has 9 heteroatoms. The minimum atomic E-state index is -0.0145. The maximum absolute atomic E-state index is 12.1. The van der Waals surface area contributed by atoms with E-state index in [0.717, 1.165) is 55.0 Å². The molecule has 3 aliphatic rings. The molecule has 3 aromatic rings. The van der Waals surface area contributed by atoms with Crippen LogP contribution in [0.25, 0.3) is 10.8 Å². The Kier molecular flexibility index (Phi) is 7.21. The topological polar surface area (TPSA) is 73.8 Å². The third kappa shape index (κ3) is 4.97. The molecule has 1 N–H and O–H groups in total. The number of rotatable bonds is 6. The van der Waals surface area contributed by atoms with E-state index < -0.39 is 0 Å². The first-order valence-electron chi connectivity index (χ1n) is 13.4. The Balaban J connectivity index is 1.31. The van der Waals surface area contributed by atoms with Crippen LogP contribution in [0.15, 0.2) is 53.5 Å². The van der Waals surface area contributed by atoms with Crippen molar-refractivity contribution in [3.05, 3.63) is 64.8 Å². The Hall–Kier alpha value is -3.17. The number of hydrogen-bond donors (Lipinski definition) is 1. The summed E-state index contributed by atoms with van der Waals surface area (Å²) < 4.78 is 7.28. The van der Waals surface area contributed by atoms with Crippen LogP contribution in [-0.2, 0) is 17.8 Å². The number of carbonyl (C=O) groups excluding carboxylic acids is 1. The third-order valence-electron chi connectivity index (χ3n) is 7.84. The van der Waals surface area contributed by atoms with Gasteiger partial charge in [-0.1, -0.05) is 46.8 Å². The van der Waals surface area contributed by atoms with Crippen molar-refractivity contribution in [2.45, 2.75) is 31.8 Å². The summed E-state index contributed by atoms with van der Waals surface area (Å²) in [7, 11) is 0. The molecule has 38 heavy (non-hydrogen) atoms. The lowest BCUT2D eigenvalue weighted by Gasteiger charge is -2.38. The zero-order valence-corrected chi connectivity index (χ0v) is 23.1. The number of aromatic nitrogens is 2. The number of halogens is 1. The second-order valence-electron chi connectivity index (χ2n) is 10.2. The molecule has 1 aromatic heterocycles. The quantitative estimate of drug-likeness (QED) is 0.446. The molecule has 6 rings (SSSR count). The Morgan fingerprint density at radius 2 is 1.92 bits per heavy atom. The van der Waals surface area contributed by atoms with Gasteiger partial charge in [-0.2, -0.15) is 9.97 Å². The van der Waals surface area contributed by atoms with E-state index in [1.165, 1.54) is 34.5 Å². The van der Waals surface area contributed by atoms with Crippen LogP contribution in [0.2, 0.25) is 0 Å². The minimum Gasteiger partial charge on any atom is -0.462 e. The van der Waals surface area contributed by atoms with Gasteiger partial charge in [0.25, 0.3) is 0 Å². The highest BCUT2D eigenvalue weighted by atomic mass is 79.9. The molecule has 2 saturated heterocycles. The van der Waals surface area contributed by atoms with Gasteiger partial charge in [0.15, 0.2) is 0 Å². The van der Waals surface area contributed by atoms with Crippen LogP contribution in [0.4, 0.5) is 11.5 Å². The molecule has 0 saturated carbocycles. The van der Waals surface area contributed by atoms with E-state index in [0.29, 0.717) is 38.3 Å². The molecule has 8 nitrogen and oxygen atoms in total. The lowest BCUT2D eigenvalue weighted by atomic mass is 10.0. The number of ether oxygens (including phenoxy) is 1. The summed E-state index contributed by atoms with van der Waals surface area (Å²) in [6, 6.07) is 13.6. The molecule has 0 spiro atoms. The lowest BCUT2D eigenvalue weighted by Crippen LogP contribution is -2.49. The summed E-state index contributed by atoms with van der Waals surface area (Å²) >= 11 is 3.78. The molecule has 2 fully saturated rings. The number of nitrogens with one attached hydrogen (secondary N) is 1. The number of nitrogens with zero attached hydrogens (tertiary/aromatic N) is 5. The normalized spacial score (nSPS) is 19.5. The zero-order chi connectivity index (χ0) is 26.1. The number of benzene rings is 2. The molecule has 1 atom stereocenters. The van der Waals surface area contributed by atoms with Gasteiger partial charge in [0.05, 0.1) is 12.2 Å². The van der Waals surface area contributed by atoms with Crippen LogP contribution in [0.5, 0.6) is 6.01 Å². The van der Waals surface area contributed by atoms with Crippen molar-refractivity contribution in [3.8, 4) is 6.01 Å². The maximum Gasteiger partial charge on any atom is 0.318 e. The number of amides is 1. The fourth-order valence-electron chi connectivity index (χ4n) is 5.80. The van der Waals surface area contributed by atoms with Crippen molar-refractivity contribution in [1.29, 1.82) is 0 Å². The standard InChI is InChI=1S/C29H33BrN6O2/c1-2-26(37)34-14-16-35(17-15-34)28-22-11-13-36(25-10-4-7-20-6-3-9-23(30)27(20)25)18-24(22)32-29(33-28)38-19-21-8-5-12-31-21/h2-4,6-7,9-10,21,31H,1,5,8,11-19H2. The highest BCUT2D eigenvalue weighted by Gasteiger charge is 2.29. The van der Waals surface area contributed by atoms with Crippen molar-refractivity contribution in [2.75, 3.05) is 55.7 Å². The van der Waals surface area contributed by atoms with E-state index in [1.54, 1.807) is 0 Å². The number of hydrogen-bond acceptors (Lipinski definition) is 7. The lowest BCUT2D eigenvalue weighted by molar-refractivity contribution is -0.126. The van der Waals surface area contributed by atoms with Crippen LogP contribution in [0.3, 0.4) is 0 Å². The molecular formula is C29H33BrN6O2. The Morgan fingerprint density at radius 3 is 2.68 bits per heavy atom. The fraction of sp³-hybridized carbons (Fsp3) is 0.414. The average molecular weight is 578 g/mol. The summed E-state index contributed by atoms with van der Waals surface area (Å²) in [5, 5.41) is 5.93. The van der Waals surface area contributed by atoms with Crippen LogP contribution in [0, 0.1) is 0 Å². The van der Waals surface area contributed by atoms with Gasteiger partial charge in [-0.25, -0.2) is 0 Å². The van der Waals surface area contributed by atoms with Gasteiger partial charge in [-0.15, -0.1) is 0 Å². The van der Waals surface area contributed by atoms with Gasteiger partial charge in [0.1, 0.15) is 12.4 Å². The zero-order valence-electron chi connectivity index (χ0n) is 21.5. The van der Waals surface area contributed by atoms with Gasteiger partial charge >= 0.3 is 6.01 Å². The van der Waals surface area contributed by atoms with Crippen molar-refractivity contribution in [3.63, 3.8) is 0 Å². The molecule has 1 amide bonds. The highest BCUT2D eigenvalue weighted by molar-refractivity contribution is 9.10. The van der Waals surface area contributed by atoms with Gasteiger partial charge in [0.2, 0.25) is 5.91 Å². The van der Waals surface area contributed by atoms with Gasteiger partial charge in [-0.05, 0) is 49.4 Å². The summed E-state index contributed by atoms with van der Waals surface area (Å²) in [6.45, 7) is 9.58. The van der Waals surface area contributed by atoms with Gasteiger partial charge < -0.3 is 24.8 Å². The van der Waals surface area contributed by atoms with Crippen molar-refractivity contribution in [2.24, 2.45) is 0 Å². The first-order valence-corrected chi connectivity index (χ1v) is 14.2. The maximum atomic E-state index is 12.1. The molecule has 198 valence electrons.